The van der Waals surface area contributed by atoms with Gasteiger partial charge in [-0.15, -0.1) is 0 Å². The number of benzene rings is 2. The Kier molecular flexibility index (Phi) is 6.12. The first-order valence-corrected chi connectivity index (χ1v) is 11.2. The molecule has 2 aromatic carbocycles. The average molecular weight is 421 g/mol. The molecule has 28 heavy (non-hydrogen) atoms. The van der Waals surface area contributed by atoms with Crippen LogP contribution in [0.4, 0.5) is 0 Å². The number of hydrogen-bond acceptors (Lipinski definition) is 3. The van der Waals surface area contributed by atoms with E-state index in [2.05, 4.69) is 17.4 Å². The van der Waals surface area contributed by atoms with Crippen LogP contribution in [-0.2, 0) is 22.9 Å². The molecule has 0 fully saturated rings. The summed E-state index contributed by atoms with van der Waals surface area (Å²) >= 11 is 6.18. The molecule has 2 aromatic rings. The maximum absolute atomic E-state index is 12.8. The Labute approximate surface area is 171 Å². The Morgan fingerprint density at radius 1 is 1.07 bits per heavy atom. The zero-order chi connectivity index (χ0) is 20.5. The van der Waals surface area contributed by atoms with Crippen molar-refractivity contribution in [1.29, 1.82) is 0 Å². The summed E-state index contributed by atoms with van der Waals surface area (Å²) in [7, 11) is -0.753. The minimum absolute atomic E-state index is 0.0356. The van der Waals surface area contributed by atoms with Gasteiger partial charge in [0.05, 0.1) is 21.5 Å². The molecule has 3 rings (SSSR count). The van der Waals surface area contributed by atoms with Crippen LogP contribution >= 0.6 is 11.6 Å². The van der Waals surface area contributed by atoms with Gasteiger partial charge in [0.1, 0.15) is 0 Å². The van der Waals surface area contributed by atoms with Gasteiger partial charge in [0.25, 0.3) is 5.91 Å². The Morgan fingerprint density at radius 2 is 1.75 bits per heavy atom. The number of fused-ring (bicyclic) bond motifs is 1. The Hall–Kier alpha value is -1.89. The first-order valence-electron chi connectivity index (χ1n) is 9.35. The molecule has 0 saturated heterocycles. The zero-order valence-electron chi connectivity index (χ0n) is 16.3. The number of halogens is 1. The minimum atomic E-state index is -3.65. The van der Waals surface area contributed by atoms with Crippen molar-refractivity contribution in [2.45, 2.75) is 43.5 Å². The van der Waals surface area contributed by atoms with Crippen LogP contribution in [0.5, 0.6) is 0 Å². The van der Waals surface area contributed by atoms with Gasteiger partial charge in [-0.2, -0.15) is 0 Å². The molecule has 0 aromatic heterocycles. The van der Waals surface area contributed by atoms with Crippen molar-refractivity contribution in [2.24, 2.45) is 0 Å². The van der Waals surface area contributed by atoms with E-state index in [1.165, 1.54) is 56.3 Å². The number of carbonyl (C=O) groups is 1. The SMILES string of the molecule is CC(NC(=O)c1cc(S(=O)(=O)N(C)C)ccc1Cl)c1ccc2c(c1)CCCC2. The van der Waals surface area contributed by atoms with Gasteiger partial charge in [-0.1, -0.05) is 29.8 Å². The molecule has 0 saturated carbocycles. The van der Waals surface area contributed by atoms with Gasteiger partial charge in [-0.05, 0) is 67.5 Å². The third-order valence-corrected chi connectivity index (χ3v) is 7.32. The molecular weight excluding hydrogens is 396 g/mol. The predicted octanol–water partition coefficient (Wildman–Crippen LogP) is 3.96. The summed E-state index contributed by atoms with van der Waals surface area (Å²) in [6.07, 6.45) is 4.60. The summed E-state index contributed by atoms with van der Waals surface area (Å²) in [5, 5.41) is 3.15. The van der Waals surface area contributed by atoms with Gasteiger partial charge >= 0.3 is 0 Å². The fourth-order valence-corrected chi connectivity index (χ4v) is 4.56. The lowest BCUT2D eigenvalue weighted by atomic mass is 9.89. The lowest BCUT2D eigenvalue weighted by molar-refractivity contribution is 0.0940. The van der Waals surface area contributed by atoms with E-state index in [0.717, 1.165) is 22.7 Å². The average Bonchev–Trinajstić information content (AvgIpc) is 2.67. The van der Waals surface area contributed by atoms with Crippen LogP contribution in [0.2, 0.25) is 5.02 Å². The zero-order valence-corrected chi connectivity index (χ0v) is 17.9. The predicted molar refractivity (Wildman–Crippen MR) is 111 cm³/mol. The number of nitrogens with one attached hydrogen (secondary N) is 1. The highest BCUT2D eigenvalue weighted by atomic mass is 35.5. The van der Waals surface area contributed by atoms with Crippen molar-refractivity contribution in [3.63, 3.8) is 0 Å². The Balaban J connectivity index is 1.83. The minimum Gasteiger partial charge on any atom is -0.345 e. The van der Waals surface area contributed by atoms with Crippen LogP contribution in [0.3, 0.4) is 0 Å². The molecule has 1 atom stereocenters. The van der Waals surface area contributed by atoms with Crippen LogP contribution in [0.25, 0.3) is 0 Å². The molecule has 1 unspecified atom stereocenters. The van der Waals surface area contributed by atoms with Gasteiger partial charge in [0.2, 0.25) is 10.0 Å². The maximum Gasteiger partial charge on any atom is 0.253 e. The van der Waals surface area contributed by atoms with Crippen molar-refractivity contribution in [3.05, 3.63) is 63.7 Å². The molecule has 1 aliphatic carbocycles. The molecule has 0 aliphatic heterocycles. The van der Waals surface area contributed by atoms with Gasteiger partial charge in [-0.25, -0.2) is 12.7 Å². The van der Waals surface area contributed by atoms with E-state index in [0.29, 0.717) is 0 Å². The second-order valence-electron chi connectivity index (χ2n) is 7.36. The lowest BCUT2D eigenvalue weighted by Crippen LogP contribution is -2.28. The fourth-order valence-electron chi connectivity index (χ4n) is 3.43. The number of sulfonamides is 1. The van der Waals surface area contributed by atoms with Crippen LogP contribution < -0.4 is 5.32 Å². The number of rotatable bonds is 5. The molecular formula is C21H25ClN2O3S. The van der Waals surface area contributed by atoms with E-state index in [4.69, 9.17) is 11.6 Å². The van der Waals surface area contributed by atoms with Crippen molar-refractivity contribution >= 4 is 27.5 Å². The molecule has 0 spiro atoms. The highest BCUT2D eigenvalue weighted by molar-refractivity contribution is 7.89. The molecule has 0 heterocycles. The number of carbonyl (C=O) groups excluding carboxylic acids is 1. The van der Waals surface area contributed by atoms with Crippen LogP contribution in [0.15, 0.2) is 41.3 Å². The number of hydrogen-bond donors (Lipinski definition) is 1. The molecule has 0 radical (unpaired) electrons. The topological polar surface area (TPSA) is 66.5 Å². The van der Waals surface area contributed by atoms with Crippen LogP contribution in [0, 0.1) is 0 Å². The van der Waals surface area contributed by atoms with E-state index in [1.54, 1.807) is 0 Å². The van der Waals surface area contributed by atoms with Gasteiger partial charge < -0.3 is 5.32 Å². The smallest absolute Gasteiger partial charge is 0.253 e. The molecule has 1 N–H and O–H groups in total. The number of amides is 1. The Bertz CT molecular complexity index is 1000. The van der Waals surface area contributed by atoms with Gasteiger partial charge in [0.15, 0.2) is 0 Å². The first-order chi connectivity index (χ1) is 13.2. The third kappa shape index (κ3) is 4.24. The van der Waals surface area contributed by atoms with Crippen LogP contribution in [0.1, 0.15) is 52.9 Å². The maximum atomic E-state index is 12.8. The monoisotopic (exact) mass is 420 g/mol. The van der Waals surface area contributed by atoms with Gasteiger partial charge in [-0.3, -0.25) is 4.79 Å². The molecule has 7 heteroatoms. The van der Waals surface area contributed by atoms with E-state index in [9.17, 15) is 13.2 Å². The Morgan fingerprint density at radius 3 is 2.43 bits per heavy atom. The van der Waals surface area contributed by atoms with Crippen molar-refractivity contribution in [3.8, 4) is 0 Å². The second kappa shape index (κ2) is 8.23. The summed E-state index contributed by atoms with van der Waals surface area (Å²) in [4.78, 5) is 12.8. The third-order valence-electron chi connectivity index (χ3n) is 5.18. The van der Waals surface area contributed by atoms with E-state index in [1.807, 2.05) is 13.0 Å². The standard InChI is InChI=1S/C21H25ClN2O3S/c1-14(16-9-8-15-6-4-5-7-17(15)12-16)23-21(25)19-13-18(10-11-20(19)22)28(26,27)24(2)3/h8-14H,4-7H2,1-3H3,(H,23,25). The molecule has 1 aliphatic rings. The highest BCUT2D eigenvalue weighted by Gasteiger charge is 2.22. The molecule has 1 amide bonds. The summed E-state index contributed by atoms with van der Waals surface area (Å²) in [5.41, 5.74) is 3.91. The van der Waals surface area contributed by atoms with E-state index in [-0.39, 0.29) is 21.5 Å². The highest BCUT2D eigenvalue weighted by Crippen LogP contribution is 2.26. The summed E-state index contributed by atoms with van der Waals surface area (Å²) in [6, 6.07) is 10.3. The van der Waals surface area contributed by atoms with E-state index < -0.39 is 15.9 Å². The summed E-state index contributed by atoms with van der Waals surface area (Å²) in [5.74, 6) is -0.397. The molecule has 150 valence electrons. The largest absolute Gasteiger partial charge is 0.345 e. The number of nitrogens with zero attached hydrogens (tertiary/aromatic N) is 1. The fraction of sp³-hybridized carbons (Fsp3) is 0.381. The van der Waals surface area contributed by atoms with Crippen LogP contribution in [-0.4, -0.2) is 32.7 Å². The van der Waals surface area contributed by atoms with Crippen molar-refractivity contribution < 1.29 is 13.2 Å². The molecule has 5 nitrogen and oxygen atoms in total. The second-order valence-corrected chi connectivity index (χ2v) is 9.92. The summed E-state index contributed by atoms with van der Waals surface area (Å²) < 4.78 is 25.8. The van der Waals surface area contributed by atoms with Crippen molar-refractivity contribution in [2.75, 3.05) is 14.1 Å². The lowest BCUT2D eigenvalue weighted by Gasteiger charge is -2.20. The normalized spacial score (nSPS) is 15.2. The quantitative estimate of drug-likeness (QED) is 0.796. The number of aryl methyl sites for hydroxylation is 2. The summed E-state index contributed by atoms with van der Waals surface area (Å²) in [6.45, 7) is 1.91. The van der Waals surface area contributed by atoms with Crippen molar-refractivity contribution in [1.82, 2.24) is 9.62 Å². The van der Waals surface area contributed by atoms with Gasteiger partial charge in [0, 0.05) is 14.1 Å². The first kappa shape index (κ1) is 20.8. The van der Waals surface area contributed by atoms with E-state index >= 15 is 0 Å². The molecule has 0 bridgehead atoms.